The third-order valence-electron chi connectivity index (χ3n) is 7.18. The number of hydrogen-bond acceptors (Lipinski definition) is 1. The Kier molecular flexibility index (Phi) is 8.71. The third-order valence-corrected chi connectivity index (χ3v) is 7.18. The summed E-state index contributed by atoms with van der Waals surface area (Å²) in [6.45, 7) is 1.05. The molecule has 2 aliphatic carbocycles. The number of allylic oxidation sites excluding steroid dienone is 1. The molecule has 0 bridgehead atoms. The van der Waals surface area contributed by atoms with E-state index in [9.17, 15) is 13.2 Å². The van der Waals surface area contributed by atoms with Crippen molar-refractivity contribution < 1.29 is 17.9 Å². The van der Waals surface area contributed by atoms with E-state index in [4.69, 9.17) is 4.74 Å². The fourth-order valence-electron chi connectivity index (χ4n) is 5.34. The van der Waals surface area contributed by atoms with Crippen molar-refractivity contribution in [2.75, 3.05) is 6.61 Å². The summed E-state index contributed by atoms with van der Waals surface area (Å²) in [6.07, 6.45) is 15.3. The highest BCUT2D eigenvalue weighted by Gasteiger charge is 2.30. The van der Waals surface area contributed by atoms with E-state index in [1.165, 1.54) is 70.6 Å². The average Bonchev–Trinajstić information content (AvgIpc) is 2.76. The van der Waals surface area contributed by atoms with Gasteiger partial charge < -0.3 is 4.74 Å². The summed E-state index contributed by atoms with van der Waals surface area (Å²) in [5.41, 5.74) is 1.02. The van der Waals surface area contributed by atoms with Gasteiger partial charge in [-0.05, 0) is 79.9 Å². The van der Waals surface area contributed by atoms with Gasteiger partial charge in [-0.15, -0.1) is 0 Å². The molecule has 0 saturated heterocycles. The Hall–Kier alpha value is -1.45. The lowest BCUT2D eigenvalue weighted by molar-refractivity contribution is -0.153. The Balaban J connectivity index is 1.38. The van der Waals surface area contributed by atoms with Crippen LogP contribution in [0.1, 0.15) is 83.1 Å². The van der Waals surface area contributed by atoms with E-state index in [1.54, 1.807) is 12.1 Å². The second kappa shape index (κ2) is 11.2. The topological polar surface area (TPSA) is 9.23 Å². The van der Waals surface area contributed by atoms with Gasteiger partial charge in [-0.1, -0.05) is 63.3 Å². The summed E-state index contributed by atoms with van der Waals surface area (Å²) >= 11 is 0. The lowest BCUT2D eigenvalue weighted by Crippen LogP contribution is -2.25. The van der Waals surface area contributed by atoms with Gasteiger partial charge in [-0.25, -0.2) is 0 Å². The van der Waals surface area contributed by atoms with Crippen LogP contribution in [-0.2, 0) is 0 Å². The molecule has 0 aromatic heterocycles. The quantitative estimate of drug-likeness (QED) is 0.408. The van der Waals surface area contributed by atoms with E-state index in [-0.39, 0.29) is 5.75 Å². The lowest BCUT2D eigenvalue weighted by Gasteiger charge is -2.37. The molecule has 0 spiro atoms. The molecule has 0 heterocycles. The van der Waals surface area contributed by atoms with Gasteiger partial charge >= 0.3 is 6.18 Å². The number of rotatable bonds is 8. The number of ether oxygens (including phenoxy) is 1. The van der Waals surface area contributed by atoms with Crippen molar-refractivity contribution in [3.8, 4) is 5.75 Å². The Morgan fingerprint density at radius 1 is 0.900 bits per heavy atom. The molecule has 2 fully saturated rings. The molecule has 1 aromatic rings. The lowest BCUT2D eigenvalue weighted by atomic mass is 9.68. The first-order valence-electron chi connectivity index (χ1n) is 11.9. The van der Waals surface area contributed by atoms with Crippen LogP contribution < -0.4 is 4.74 Å². The van der Waals surface area contributed by atoms with Crippen LogP contribution in [0.15, 0.2) is 30.3 Å². The first kappa shape index (κ1) is 23.2. The maximum atomic E-state index is 12.2. The molecule has 0 radical (unpaired) electrons. The Morgan fingerprint density at radius 3 is 2.07 bits per heavy atom. The van der Waals surface area contributed by atoms with Crippen molar-refractivity contribution in [1.29, 1.82) is 0 Å². The molecule has 2 aliphatic rings. The summed E-state index contributed by atoms with van der Waals surface area (Å²) in [4.78, 5) is 0. The minimum Gasteiger partial charge on any atom is -0.484 e. The van der Waals surface area contributed by atoms with E-state index < -0.39 is 12.8 Å². The first-order chi connectivity index (χ1) is 14.4. The van der Waals surface area contributed by atoms with Crippen molar-refractivity contribution in [2.24, 2.45) is 23.7 Å². The second-order valence-corrected chi connectivity index (χ2v) is 9.43. The van der Waals surface area contributed by atoms with Crippen LogP contribution >= 0.6 is 0 Å². The highest BCUT2D eigenvalue weighted by atomic mass is 19.4. The summed E-state index contributed by atoms with van der Waals surface area (Å²) in [6, 6.07) is 6.87. The van der Waals surface area contributed by atoms with Crippen molar-refractivity contribution in [1.82, 2.24) is 0 Å². The SMILES string of the molecule is CCCCC1CCC(C2CCC(C=Cc3ccc(OCC(F)(F)F)cc3)CC2)CC1. The molecule has 3 rings (SSSR count). The Labute approximate surface area is 180 Å². The van der Waals surface area contributed by atoms with Gasteiger partial charge in [0.15, 0.2) is 6.61 Å². The zero-order valence-corrected chi connectivity index (χ0v) is 18.3. The highest BCUT2D eigenvalue weighted by molar-refractivity contribution is 5.50. The number of alkyl halides is 3. The standard InChI is InChI=1S/C26H37F3O/c1-2-3-4-20-7-13-23(14-8-20)24-15-9-21(10-16-24)5-6-22-11-17-25(18-12-22)30-19-26(27,28)29/h5-6,11-12,17-18,20-21,23-24H,2-4,7-10,13-16,19H2,1H3. The largest absolute Gasteiger partial charge is 0.484 e. The van der Waals surface area contributed by atoms with Gasteiger partial charge in [0.05, 0.1) is 0 Å². The van der Waals surface area contributed by atoms with Gasteiger partial charge in [-0.3, -0.25) is 0 Å². The Bertz CT molecular complexity index is 633. The van der Waals surface area contributed by atoms with Crippen LogP contribution in [0, 0.1) is 23.7 Å². The van der Waals surface area contributed by atoms with Gasteiger partial charge in [0, 0.05) is 0 Å². The van der Waals surface area contributed by atoms with Gasteiger partial charge in [0.2, 0.25) is 0 Å². The zero-order valence-electron chi connectivity index (χ0n) is 18.3. The summed E-state index contributed by atoms with van der Waals surface area (Å²) in [5.74, 6) is 3.76. The molecule has 0 unspecified atom stereocenters. The van der Waals surface area contributed by atoms with Gasteiger partial charge in [0.1, 0.15) is 5.75 Å². The third kappa shape index (κ3) is 7.67. The number of benzene rings is 1. The van der Waals surface area contributed by atoms with Crippen LogP contribution in [0.2, 0.25) is 0 Å². The first-order valence-corrected chi connectivity index (χ1v) is 11.9. The highest BCUT2D eigenvalue weighted by Crippen LogP contribution is 2.42. The molecule has 1 aromatic carbocycles. The zero-order chi connectivity index (χ0) is 21.4. The molecule has 1 nitrogen and oxygen atoms in total. The predicted octanol–water partition coefficient (Wildman–Crippen LogP) is 8.44. The maximum Gasteiger partial charge on any atom is 0.422 e. The van der Waals surface area contributed by atoms with Crippen molar-refractivity contribution in [2.45, 2.75) is 83.7 Å². The molecule has 168 valence electrons. The summed E-state index contributed by atoms with van der Waals surface area (Å²) in [7, 11) is 0. The minimum absolute atomic E-state index is 0.259. The van der Waals surface area contributed by atoms with E-state index in [1.807, 2.05) is 12.1 Å². The maximum absolute atomic E-state index is 12.2. The number of hydrogen-bond donors (Lipinski definition) is 0. The molecule has 30 heavy (non-hydrogen) atoms. The monoisotopic (exact) mass is 422 g/mol. The summed E-state index contributed by atoms with van der Waals surface area (Å²) in [5, 5.41) is 0. The number of unbranched alkanes of at least 4 members (excludes halogenated alkanes) is 1. The van der Waals surface area contributed by atoms with E-state index in [0.29, 0.717) is 5.92 Å². The molecule has 0 aliphatic heterocycles. The van der Waals surface area contributed by atoms with Crippen LogP contribution in [0.4, 0.5) is 13.2 Å². The van der Waals surface area contributed by atoms with Crippen LogP contribution in [-0.4, -0.2) is 12.8 Å². The number of halogens is 3. The van der Waals surface area contributed by atoms with Crippen molar-refractivity contribution >= 4 is 6.08 Å². The summed E-state index contributed by atoms with van der Waals surface area (Å²) < 4.78 is 41.4. The Morgan fingerprint density at radius 2 is 1.50 bits per heavy atom. The van der Waals surface area contributed by atoms with E-state index >= 15 is 0 Å². The van der Waals surface area contributed by atoms with Gasteiger partial charge in [0.25, 0.3) is 0 Å². The molecule has 0 N–H and O–H groups in total. The normalized spacial score (nSPS) is 28.0. The van der Waals surface area contributed by atoms with Gasteiger partial charge in [-0.2, -0.15) is 13.2 Å². The van der Waals surface area contributed by atoms with E-state index in [2.05, 4.69) is 19.1 Å². The average molecular weight is 423 g/mol. The molecule has 2 saturated carbocycles. The second-order valence-electron chi connectivity index (χ2n) is 9.43. The molecule has 0 amide bonds. The molecule has 0 atom stereocenters. The fourth-order valence-corrected chi connectivity index (χ4v) is 5.34. The van der Waals surface area contributed by atoms with Crippen molar-refractivity contribution in [3.05, 3.63) is 35.9 Å². The predicted molar refractivity (Wildman–Crippen MR) is 117 cm³/mol. The minimum atomic E-state index is -4.30. The van der Waals surface area contributed by atoms with Crippen LogP contribution in [0.25, 0.3) is 6.08 Å². The van der Waals surface area contributed by atoms with Crippen LogP contribution in [0.5, 0.6) is 5.75 Å². The van der Waals surface area contributed by atoms with E-state index in [0.717, 1.165) is 23.3 Å². The fraction of sp³-hybridized carbons (Fsp3) is 0.692. The smallest absolute Gasteiger partial charge is 0.422 e. The molecular formula is C26H37F3O. The van der Waals surface area contributed by atoms with Crippen molar-refractivity contribution in [3.63, 3.8) is 0 Å². The molecule has 4 heteroatoms. The van der Waals surface area contributed by atoms with Crippen LogP contribution in [0.3, 0.4) is 0 Å². The molecular weight excluding hydrogens is 385 g/mol.